The summed E-state index contributed by atoms with van der Waals surface area (Å²) in [5.74, 6) is 0.371. The van der Waals surface area contributed by atoms with Crippen molar-refractivity contribution >= 4 is 17.3 Å². The Hall–Kier alpha value is -1.71. The van der Waals surface area contributed by atoms with Gasteiger partial charge in [0.25, 0.3) is 0 Å². The first-order valence-corrected chi connectivity index (χ1v) is 6.88. The first-order chi connectivity index (χ1) is 8.99. The number of carboxylic acid groups (broad SMARTS) is 1. The van der Waals surface area contributed by atoms with E-state index in [-0.39, 0.29) is 5.56 Å². The van der Waals surface area contributed by atoms with Gasteiger partial charge in [0.1, 0.15) is 0 Å². The molecule has 0 radical (unpaired) electrons. The number of aromatic carboxylic acids is 1. The minimum atomic E-state index is -0.946. The molecule has 0 spiro atoms. The van der Waals surface area contributed by atoms with E-state index in [1.165, 1.54) is 18.9 Å². The summed E-state index contributed by atoms with van der Waals surface area (Å²) < 4.78 is 0. The maximum Gasteiger partial charge on any atom is 0.335 e. The van der Waals surface area contributed by atoms with Crippen LogP contribution in [0.4, 0.5) is 11.4 Å². The van der Waals surface area contributed by atoms with Crippen molar-refractivity contribution in [1.82, 2.24) is 0 Å². The van der Waals surface area contributed by atoms with Crippen molar-refractivity contribution in [3.05, 3.63) is 23.8 Å². The Morgan fingerprint density at radius 1 is 1.37 bits per heavy atom. The lowest BCUT2D eigenvalue weighted by Gasteiger charge is -2.35. The third kappa shape index (κ3) is 3.00. The summed E-state index contributed by atoms with van der Waals surface area (Å²) >= 11 is 0. The van der Waals surface area contributed by atoms with Crippen molar-refractivity contribution in [1.29, 1.82) is 0 Å². The van der Waals surface area contributed by atoms with E-state index >= 15 is 0 Å². The van der Waals surface area contributed by atoms with Crippen molar-refractivity contribution in [2.45, 2.75) is 39.2 Å². The average molecular weight is 262 g/mol. The number of hydrogen-bond donors (Lipinski definition) is 3. The quantitative estimate of drug-likeness (QED) is 0.731. The molecule has 1 aromatic carbocycles. The molecule has 0 saturated heterocycles. The van der Waals surface area contributed by atoms with Crippen molar-refractivity contribution in [3.63, 3.8) is 0 Å². The fourth-order valence-electron chi connectivity index (χ4n) is 2.81. The van der Waals surface area contributed by atoms with E-state index in [1.807, 2.05) is 0 Å². The minimum absolute atomic E-state index is 0.230. The van der Waals surface area contributed by atoms with E-state index in [0.29, 0.717) is 23.6 Å². The van der Waals surface area contributed by atoms with Gasteiger partial charge < -0.3 is 16.2 Å². The van der Waals surface area contributed by atoms with E-state index in [0.717, 1.165) is 12.1 Å². The maximum absolute atomic E-state index is 10.9. The van der Waals surface area contributed by atoms with Crippen LogP contribution in [0, 0.1) is 11.8 Å². The van der Waals surface area contributed by atoms with Crippen LogP contribution in [0.25, 0.3) is 0 Å². The molecule has 1 aromatic rings. The lowest BCUT2D eigenvalue weighted by atomic mass is 9.78. The second kappa shape index (κ2) is 5.51. The molecule has 1 saturated carbocycles. The molecule has 4 heteroatoms. The average Bonchev–Trinajstić information content (AvgIpc) is 2.37. The number of nitrogens with two attached hydrogens (primary N) is 1. The summed E-state index contributed by atoms with van der Waals surface area (Å²) in [6.07, 6.45) is 3.66. The number of nitrogen functional groups attached to an aromatic ring is 1. The normalized spacial score (nSPS) is 26.9. The third-order valence-corrected chi connectivity index (χ3v) is 4.35. The minimum Gasteiger partial charge on any atom is -0.478 e. The predicted octanol–water partition coefficient (Wildman–Crippen LogP) is 3.20. The smallest absolute Gasteiger partial charge is 0.335 e. The lowest BCUT2D eigenvalue weighted by Crippen LogP contribution is -2.35. The van der Waals surface area contributed by atoms with Gasteiger partial charge in [-0.25, -0.2) is 4.79 Å². The largest absolute Gasteiger partial charge is 0.478 e. The summed E-state index contributed by atoms with van der Waals surface area (Å²) in [5.41, 5.74) is 7.51. The van der Waals surface area contributed by atoms with Crippen LogP contribution < -0.4 is 11.1 Å². The molecule has 0 aliphatic heterocycles. The fraction of sp³-hybridized carbons (Fsp3) is 0.533. The number of carbonyl (C=O) groups is 1. The second-order valence-electron chi connectivity index (χ2n) is 5.63. The van der Waals surface area contributed by atoms with Gasteiger partial charge in [-0.3, -0.25) is 0 Å². The fourth-order valence-corrected chi connectivity index (χ4v) is 2.81. The second-order valence-corrected chi connectivity index (χ2v) is 5.63. The Morgan fingerprint density at radius 2 is 2.11 bits per heavy atom. The van der Waals surface area contributed by atoms with Gasteiger partial charge in [-0.1, -0.05) is 26.7 Å². The topological polar surface area (TPSA) is 75.3 Å². The highest BCUT2D eigenvalue weighted by Gasteiger charge is 2.27. The molecule has 2 rings (SSSR count). The number of rotatable bonds is 3. The molecule has 3 atom stereocenters. The number of benzene rings is 1. The Bertz CT molecular complexity index is 473. The number of carboxylic acids is 1. The van der Waals surface area contributed by atoms with Gasteiger partial charge >= 0.3 is 5.97 Å². The highest BCUT2D eigenvalue weighted by molar-refractivity contribution is 5.90. The van der Waals surface area contributed by atoms with Crippen LogP contribution in [0.15, 0.2) is 18.2 Å². The zero-order chi connectivity index (χ0) is 14.0. The Labute approximate surface area is 114 Å². The summed E-state index contributed by atoms with van der Waals surface area (Å²) in [6, 6.07) is 5.30. The number of nitrogens with one attached hydrogen (secondary N) is 1. The van der Waals surface area contributed by atoms with Crippen LogP contribution in [0.5, 0.6) is 0 Å². The molecule has 0 aromatic heterocycles. The molecule has 4 N–H and O–H groups in total. The van der Waals surface area contributed by atoms with Crippen LogP contribution in [0.2, 0.25) is 0 Å². The third-order valence-electron chi connectivity index (χ3n) is 4.35. The monoisotopic (exact) mass is 262 g/mol. The Kier molecular flexibility index (Phi) is 3.98. The van der Waals surface area contributed by atoms with Gasteiger partial charge in [0, 0.05) is 6.04 Å². The van der Waals surface area contributed by atoms with Crippen molar-refractivity contribution < 1.29 is 9.90 Å². The van der Waals surface area contributed by atoms with Gasteiger partial charge in [0.05, 0.1) is 16.9 Å². The Morgan fingerprint density at radius 3 is 2.74 bits per heavy atom. The van der Waals surface area contributed by atoms with Gasteiger partial charge in [-0.05, 0) is 36.5 Å². The van der Waals surface area contributed by atoms with Crippen molar-refractivity contribution in [2.75, 3.05) is 11.1 Å². The van der Waals surface area contributed by atoms with Crippen molar-refractivity contribution in [3.8, 4) is 0 Å². The van der Waals surface area contributed by atoms with E-state index in [9.17, 15) is 4.79 Å². The molecule has 1 aliphatic rings. The van der Waals surface area contributed by atoms with Crippen molar-refractivity contribution in [2.24, 2.45) is 11.8 Å². The summed E-state index contributed by atoms with van der Waals surface area (Å²) in [7, 11) is 0. The van der Waals surface area contributed by atoms with Gasteiger partial charge in [-0.15, -0.1) is 0 Å². The predicted molar refractivity (Wildman–Crippen MR) is 77.4 cm³/mol. The molecular formula is C15H22N2O2. The summed E-state index contributed by atoms with van der Waals surface area (Å²) in [4.78, 5) is 10.9. The standard InChI is InChI=1S/C15H22N2O2/c1-9-4-3-5-13(10(9)2)17-14-7-6-11(15(18)19)8-12(14)16/h6-10,13,17H,3-5,16H2,1-2H3,(H,18,19). The number of anilines is 2. The molecule has 104 valence electrons. The molecular weight excluding hydrogens is 240 g/mol. The highest BCUT2D eigenvalue weighted by atomic mass is 16.4. The molecule has 0 bridgehead atoms. The van der Waals surface area contributed by atoms with Crippen LogP contribution >= 0.6 is 0 Å². The van der Waals surface area contributed by atoms with Crippen LogP contribution in [-0.4, -0.2) is 17.1 Å². The molecule has 4 nitrogen and oxygen atoms in total. The maximum atomic E-state index is 10.9. The van der Waals surface area contributed by atoms with E-state index in [2.05, 4.69) is 19.2 Å². The molecule has 0 amide bonds. The van der Waals surface area contributed by atoms with Gasteiger partial charge in [-0.2, -0.15) is 0 Å². The van der Waals surface area contributed by atoms with Crippen LogP contribution in [-0.2, 0) is 0 Å². The highest BCUT2D eigenvalue weighted by Crippen LogP contribution is 2.33. The molecule has 3 unspecified atom stereocenters. The van der Waals surface area contributed by atoms with E-state index in [4.69, 9.17) is 10.8 Å². The molecule has 1 fully saturated rings. The van der Waals surface area contributed by atoms with Crippen LogP contribution in [0.3, 0.4) is 0 Å². The molecule has 19 heavy (non-hydrogen) atoms. The number of hydrogen-bond acceptors (Lipinski definition) is 3. The summed E-state index contributed by atoms with van der Waals surface area (Å²) in [6.45, 7) is 4.55. The Balaban J connectivity index is 2.12. The molecule has 1 aliphatic carbocycles. The van der Waals surface area contributed by atoms with Gasteiger partial charge in [0.15, 0.2) is 0 Å². The SMILES string of the molecule is CC1CCCC(Nc2ccc(C(=O)O)cc2N)C1C. The zero-order valence-corrected chi connectivity index (χ0v) is 11.5. The van der Waals surface area contributed by atoms with E-state index < -0.39 is 5.97 Å². The van der Waals surface area contributed by atoms with E-state index in [1.54, 1.807) is 12.1 Å². The first kappa shape index (κ1) is 13.7. The molecule has 0 heterocycles. The lowest BCUT2D eigenvalue weighted by molar-refractivity contribution is 0.0697. The summed E-state index contributed by atoms with van der Waals surface area (Å²) in [5, 5.41) is 12.4. The van der Waals surface area contributed by atoms with Crippen LogP contribution in [0.1, 0.15) is 43.5 Å². The van der Waals surface area contributed by atoms with Gasteiger partial charge in [0.2, 0.25) is 0 Å². The first-order valence-electron chi connectivity index (χ1n) is 6.88. The zero-order valence-electron chi connectivity index (χ0n) is 11.5.